The summed E-state index contributed by atoms with van der Waals surface area (Å²) in [6.45, 7) is 5.51. The molecule has 2 heterocycles. The SMILES string of the molecule is C=CCNC(=O)/C(C#N)=C/c1c(Oc2ccccc2OC)nc2c(C)cccn2c1=O. The van der Waals surface area contributed by atoms with Crippen molar-refractivity contribution < 1.29 is 14.3 Å². The van der Waals surface area contributed by atoms with E-state index in [1.807, 2.05) is 19.1 Å². The molecule has 0 saturated carbocycles. The van der Waals surface area contributed by atoms with E-state index in [4.69, 9.17) is 9.47 Å². The Morgan fingerprint density at radius 1 is 1.29 bits per heavy atom. The van der Waals surface area contributed by atoms with E-state index in [9.17, 15) is 14.9 Å². The van der Waals surface area contributed by atoms with Gasteiger partial charge in [-0.05, 0) is 36.8 Å². The number of hydrogen-bond acceptors (Lipinski definition) is 6. The van der Waals surface area contributed by atoms with Gasteiger partial charge < -0.3 is 14.8 Å². The van der Waals surface area contributed by atoms with Crippen molar-refractivity contribution in [3.63, 3.8) is 0 Å². The largest absolute Gasteiger partial charge is 0.493 e. The Morgan fingerprint density at radius 2 is 2.03 bits per heavy atom. The van der Waals surface area contributed by atoms with Gasteiger partial charge in [0.2, 0.25) is 5.88 Å². The number of nitriles is 1. The molecule has 0 radical (unpaired) electrons. The average molecular weight is 416 g/mol. The molecular weight excluding hydrogens is 396 g/mol. The van der Waals surface area contributed by atoms with Crippen LogP contribution < -0.4 is 20.3 Å². The van der Waals surface area contributed by atoms with Crippen molar-refractivity contribution in [2.75, 3.05) is 13.7 Å². The van der Waals surface area contributed by atoms with Crippen molar-refractivity contribution in [3.8, 4) is 23.4 Å². The van der Waals surface area contributed by atoms with Gasteiger partial charge in [-0.25, -0.2) is 0 Å². The van der Waals surface area contributed by atoms with E-state index in [1.54, 1.807) is 36.5 Å². The zero-order valence-electron chi connectivity index (χ0n) is 17.1. The molecule has 1 aromatic carbocycles. The van der Waals surface area contributed by atoms with Crippen LogP contribution in [0.15, 0.2) is 65.6 Å². The predicted molar refractivity (Wildman–Crippen MR) is 116 cm³/mol. The van der Waals surface area contributed by atoms with Crippen molar-refractivity contribution in [2.45, 2.75) is 6.92 Å². The molecule has 8 nitrogen and oxygen atoms in total. The number of nitrogens with one attached hydrogen (secondary N) is 1. The molecular formula is C23H20N4O4. The van der Waals surface area contributed by atoms with Crippen LogP contribution in [0.5, 0.6) is 17.4 Å². The number of pyridine rings is 1. The van der Waals surface area contributed by atoms with Crippen molar-refractivity contribution in [2.24, 2.45) is 0 Å². The molecule has 8 heteroatoms. The van der Waals surface area contributed by atoms with E-state index in [1.165, 1.54) is 23.7 Å². The number of methoxy groups -OCH3 is 1. The van der Waals surface area contributed by atoms with Crippen LogP contribution in [-0.4, -0.2) is 28.9 Å². The molecule has 156 valence electrons. The quantitative estimate of drug-likeness (QED) is 0.361. The first-order valence-electron chi connectivity index (χ1n) is 9.34. The Labute approximate surface area is 178 Å². The summed E-state index contributed by atoms with van der Waals surface area (Å²) in [5, 5.41) is 12.0. The zero-order chi connectivity index (χ0) is 22.4. The molecule has 3 rings (SSSR count). The number of aromatic nitrogens is 2. The van der Waals surface area contributed by atoms with Crippen LogP contribution in [0.4, 0.5) is 0 Å². The third-order valence-electron chi connectivity index (χ3n) is 4.39. The van der Waals surface area contributed by atoms with Crippen LogP contribution in [0.3, 0.4) is 0 Å². The van der Waals surface area contributed by atoms with Crippen LogP contribution >= 0.6 is 0 Å². The standard InChI is InChI=1S/C23H20N4O4/c1-4-11-25-21(28)16(14-24)13-17-22(31-19-10-6-5-9-18(19)30-3)26-20-15(2)8-7-12-27(20)23(17)29/h4-10,12-13H,1,11H2,2-3H3,(H,25,28)/b16-13+. The number of rotatable bonds is 7. The summed E-state index contributed by atoms with van der Waals surface area (Å²) < 4.78 is 12.6. The molecule has 0 aliphatic heterocycles. The maximum Gasteiger partial charge on any atom is 0.269 e. The Morgan fingerprint density at radius 3 is 2.71 bits per heavy atom. The van der Waals surface area contributed by atoms with E-state index in [0.29, 0.717) is 17.1 Å². The van der Waals surface area contributed by atoms with Crippen LogP contribution in [-0.2, 0) is 4.79 Å². The molecule has 31 heavy (non-hydrogen) atoms. The van der Waals surface area contributed by atoms with Gasteiger partial charge in [-0.15, -0.1) is 6.58 Å². The Balaban J connectivity index is 2.24. The fraction of sp³-hybridized carbons (Fsp3) is 0.130. The molecule has 0 fully saturated rings. The highest BCUT2D eigenvalue weighted by Crippen LogP contribution is 2.32. The molecule has 0 spiro atoms. The fourth-order valence-electron chi connectivity index (χ4n) is 2.85. The highest BCUT2D eigenvalue weighted by Gasteiger charge is 2.18. The highest BCUT2D eigenvalue weighted by atomic mass is 16.5. The summed E-state index contributed by atoms with van der Waals surface area (Å²) in [5.41, 5.74) is 0.355. The second-order valence-corrected chi connectivity index (χ2v) is 6.44. The van der Waals surface area contributed by atoms with Gasteiger partial charge in [0.05, 0.1) is 7.11 Å². The molecule has 0 saturated heterocycles. The van der Waals surface area contributed by atoms with Crippen molar-refractivity contribution >= 4 is 17.6 Å². The molecule has 0 aliphatic carbocycles. The third kappa shape index (κ3) is 4.46. The lowest BCUT2D eigenvalue weighted by molar-refractivity contribution is -0.116. The van der Waals surface area contributed by atoms with Crippen LogP contribution in [0.1, 0.15) is 11.1 Å². The lowest BCUT2D eigenvalue weighted by atomic mass is 10.1. The number of aryl methyl sites for hydroxylation is 1. The van der Waals surface area contributed by atoms with E-state index >= 15 is 0 Å². The number of carbonyl (C=O) groups is 1. The van der Waals surface area contributed by atoms with Crippen LogP contribution in [0.2, 0.25) is 0 Å². The second kappa shape index (κ2) is 9.41. The zero-order valence-corrected chi connectivity index (χ0v) is 17.1. The molecule has 0 atom stereocenters. The number of nitrogens with zero attached hydrogens (tertiary/aromatic N) is 3. The summed E-state index contributed by atoms with van der Waals surface area (Å²) in [5.74, 6) is 0.0833. The number of carbonyl (C=O) groups excluding carboxylic acids is 1. The number of amides is 1. The van der Waals surface area contributed by atoms with Crippen molar-refractivity contribution in [3.05, 3.63) is 82.3 Å². The van der Waals surface area contributed by atoms with E-state index in [2.05, 4.69) is 16.9 Å². The van der Waals surface area contributed by atoms with Crippen molar-refractivity contribution in [1.82, 2.24) is 14.7 Å². The number of benzene rings is 1. The molecule has 0 unspecified atom stereocenters. The summed E-state index contributed by atoms with van der Waals surface area (Å²) >= 11 is 0. The highest BCUT2D eigenvalue weighted by molar-refractivity contribution is 6.02. The van der Waals surface area contributed by atoms with Gasteiger partial charge in [0, 0.05) is 12.7 Å². The first-order chi connectivity index (χ1) is 15.0. The first kappa shape index (κ1) is 21.3. The molecule has 2 aromatic heterocycles. The minimum atomic E-state index is -0.639. The fourth-order valence-corrected chi connectivity index (χ4v) is 2.85. The summed E-state index contributed by atoms with van der Waals surface area (Å²) in [6, 6.07) is 12.2. The van der Waals surface area contributed by atoms with Gasteiger partial charge in [0.25, 0.3) is 11.5 Å². The van der Waals surface area contributed by atoms with E-state index < -0.39 is 11.5 Å². The topological polar surface area (TPSA) is 106 Å². The van der Waals surface area contributed by atoms with Gasteiger partial charge in [-0.2, -0.15) is 10.2 Å². The maximum atomic E-state index is 13.2. The smallest absolute Gasteiger partial charge is 0.269 e. The monoisotopic (exact) mass is 416 g/mol. The summed E-state index contributed by atoms with van der Waals surface area (Å²) in [4.78, 5) is 30.0. The van der Waals surface area contributed by atoms with Crippen LogP contribution in [0.25, 0.3) is 11.7 Å². The molecule has 1 N–H and O–H groups in total. The molecule has 0 aliphatic rings. The first-order valence-corrected chi connectivity index (χ1v) is 9.34. The summed E-state index contributed by atoms with van der Waals surface area (Å²) in [7, 11) is 1.49. The Bertz CT molecular complexity index is 1280. The average Bonchev–Trinajstić information content (AvgIpc) is 2.78. The number of ether oxygens (including phenoxy) is 2. The summed E-state index contributed by atoms with van der Waals surface area (Å²) in [6.07, 6.45) is 4.22. The third-order valence-corrected chi connectivity index (χ3v) is 4.39. The number of para-hydroxylation sites is 2. The number of hydrogen-bond donors (Lipinski definition) is 1. The van der Waals surface area contributed by atoms with Gasteiger partial charge in [0.1, 0.15) is 22.9 Å². The Hall–Kier alpha value is -4.38. The van der Waals surface area contributed by atoms with Crippen LogP contribution in [0, 0.1) is 18.3 Å². The lowest BCUT2D eigenvalue weighted by Crippen LogP contribution is -2.25. The predicted octanol–water partition coefficient (Wildman–Crippen LogP) is 3.01. The van der Waals surface area contributed by atoms with Gasteiger partial charge in [-0.1, -0.05) is 24.3 Å². The van der Waals surface area contributed by atoms with Crippen molar-refractivity contribution in [1.29, 1.82) is 5.26 Å². The normalized spacial score (nSPS) is 10.9. The molecule has 0 bridgehead atoms. The van der Waals surface area contributed by atoms with Gasteiger partial charge >= 0.3 is 0 Å². The maximum absolute atomic E-state index is 13.2. The van der Waals surface area contributed by atoms with E-state index in [-0.39, 0.29) is 23.6 Å². The van der Waals surface area contributed by atoms with Gasteiger partial charge in [-0.3, -0.25) is 14.0 Å². The molecule has 1 amide bonds. The number of fused-ring (bicyclic) bond motifs is 1. The Kier molecular flexibility index (Phi) is 6.48. The second-order valence-electron chi connectivity index (χ2n) is 6.44. The van der Waals surface area contributed by atoms with E-state index in [0.717, 1.165) is 5.56 Å². The van der Waals surface area contributed by atoms with Gasteiger partial charge in [0.15, 0.2) is 11.5 Å². The molecule has 3 aromatic rings. The lowest BCUT2D eigenvalue weighted by Gasteiger charge is -2.13. The minimum Gasteiger partial charge on any atom is -0.493 e. The minimum absolute atomic E-state index is 0.0423.